The number of fused-ring (bicyclic) bond motifs is 1. The molecule has 0 saturated heterocycles. The molecule has 0 aliphatic carbocycles. The Labute approximate surface area is 313 Å². The number of aromatic nitrogens is 6. The largest absolute Gasteiger partial charge is 0.494 e. The van der Waals surface area contributed by atoms with Crippen LogP contribution in [0.1, 0.15) is 61.4 Å². The Morgan fingerprint density at radius 2 is 1.78 bits per heavy atom. The summed E-state index contributed by atoms with van der Waals surface area (Å²) in [4.78, 5) is 60.4. The van der Waals surface area contributed by atoms with E-state index in [0.29, 0.717) is 71.3 Å². The van der Waals surface area contributed by atoms with Gasteiger partial charge in [0.05, 0.1) is 30.0 Å². The van der Waals surface area contributed by atoms with E-state index < -0.39 is 35.9 Å². The highest BCUT2D eigenvalue weighted by Gasteiger charge is 2.35. The molecule has 2 aromatic carbocycles. The zero-order valence-electron chi connectivity index (χ0n) is 30.2. The molecule has 0 unspecified atom stereocenters. The molecule has 17 heteroatoms. The second kappa shape index (κ2) is 16.4. The van der Waals surface area contributed by atoms with Gasteiger partial charge < -0.3 is 10.1 Å². The first-order valence-corrected chi connectivity index (χ1v) is 17.6. The molecule has 55 heavy (non-hydrogen) atoms. The number of likely N-dealkylation sites (N-methyl/N-ethyl adjacent to an activating group) is 1. The van der Waals surface area contributed by atoms with E-state index in [9.17, 15) is 31.9 Å². The number of H-pyrrole nitrogens is 1. The molecule has 5 aromatic rings. The fourth-order valence-corrected chi connectivity index (χ4v) is 6.22. The van der Waals surface area contributed by atoms with Crippen molar-refractivity contribution >= 4 is 29.4 Å². The van der Waals surface area contributed by atoms with Crippen LogP contribution < -0.4 is 19.9 Å². The number of hydrogen-bond donors (Lipinski definition) is 2. The molecule has 0 fully saturated rings. The Kier molecular flexibility index (Phi) is 11.5. The van der Waals surface area contributed by atoms with Crippen molar-refractivity contribution in [1.29, 1.82) is 0 Å². The average Bonchev–Trinajstić information content (AvgIpc) is 3.71. The number of aromatic amines is 1. The maximum atomic E-state index is 14.2. The second-order valence-corrected chi connectivity index (χ2v) is 12.7. The highest BCUT2D eigenvalue weighted by Crippen LogP contribution is 2.34. The van der Waals surface area contributed by atoms with E-state index in [0.717, 1.165) is 6.07 Å². The summed E-state index contributed by atoms with van der Waals surface area (Å²) < 4.78 is 59.2. The first-order chi connectivity index (χ1) is 26.4. The van der Waals surface area contributed by atoms with Gasteiger partial charge in [0.15, 0.2) is 17.5 Å². The number of pyridine rings is 1. The molecule has 3 aromatic heterocycles. The van der Waals surface area contributed by atoms with E-state index >= 15 is 0 Å². The van der Waals surface area contributed by atoms with E-state index in [1.165, 1.54) is 16.1 Å². The molecule has 286 valence electrons. The topological polar surface area (TPSA) is 159 Å². The summed E-state index contributed by atoms with van der Waals surface area (Å²) in [5.41, 5.74) is 1.80. The molecule has 6 rings (SSSR count). The van der Waals surface area contributed by atoms with Crippen molar-refractivity contribution in [2.75, 3.05) is 29.5 Å². The van der Waals surface area contributed by atoms with Crippen LogP contribution in [0.15, 0.2) is 67.1 Å². The number of benzene rings is 2. The van der Waals surface area contributed by atoms with Gasteiger partial charge in [-0.05, 0) is 74.7 Å². The van der Waals surface area contributed by atoms with Gasteiger partial charge in [-0.2, -0.15) is 18.3 Å². The molecule has 1 aliphatic heterocycles. The Bertz CT molecular complexity index is 2180. The average molecular weight is 760 g/mol. The maximum absolute atomic E-state index is 14.2. The molecule has 0 bridgehead atoms. The number of carbonyl (C=O) groups excluding carboxylic acids is 3. The Morgan fingerprint density at radius 1 is 1.00 bits per heavy atom. The molecule has 1 atom stereocenters. The summed E-state index contributed by atoms with van der Waals surface area (Å²) in [7, 11) is 0. The van der Waals surface area contributed by atoms with Gasteiger partial charge in [0.25, 0.3) is 0 Å². The van der Waals surface area contributed by atoms with Gasteiger partial charge in [-0.3, -0.25) is 29.3 Å². The third kappa shape index (κ3) is 8.60. The van der Waals surface area contributed by atoms with Crippen LogP contribution in [0.25, 0.3) is 22.8 Å². The molecule has 0 radical (unpaired) electrons. The molecule has 3 amide bonds. The minimum atomic E-state index is -4.64. The molecule has 0 spiro atoms. The Hall–Kier alpha value is -6.26. The van der Waals surface area contributed by atoms with Crippen LogP contribution in [0.4, 0.5) is 29.2 Å². The number of nitrogens with one attached hydrogen (secondary N) is 2. The number of anilines is 2. The quantitative estimate of drug-likeness (QED) is 0.106. The van der Waals surface area contributed by atoms with Crippen LogP contribution >= 0.6 is 0 Å². The first kappa shape index (κ1) is 38.5. The normalized spacial score (nSPS) is 13.4. The van der Waals surface area contributed by atoms with Crippen molar-refractivity contribution in [3.8, 4) is 28.5 Å². The third-order valence-corrected chi connectivity index (χ3v) is 9.10. The lowest BCUT2D eigenvalue weighted by atomic mass is 9.95. The molecule has 0 saturated carbocycles. The number of ether oxygens (including phenoxy) is 1. The number of alkyl halides is 3. The lowest BCUT2D eigenvalue weighted by Crippen LogP contribution is -2.49. The van der Waals surface area contributed by atoms with E-state index in [2.05, 4.69) is 30.5 Å². The smallest absolute Gasteiger partial charge is 0.416 e. The minimum absolute atomic E-state index is 0.0661. The highest BCUT2D eigenvalue weighted by molar-refractivity contribution is 6.09. The fraction of sp³-hybridized carbons (Fsp3) is 0.316. The van der Waals surface area contributed by atoms with Crippen molar-refractivity contribution in [1.82, 2.24) is 35.5 Å². The van der Waals surface area contributed by atoms with Crippen LogP contribution in [-0.2, 0) is 27.1 Å². The maximum Gasteiger partial charge on any atom is 0.416 e. The number of aryl methyl sites for hydroxylation is 1. The standard InChI is InChI=1S/C38H37F4N9O4/c1-4-27(37(54)44-18-24-17-25(38(40,41)42)10-14-29(24)39)23-8-11-26(12-9-23)55-16-6-7-32(52)51-20-33(53)50(5-2)36-35(51)43-19-31(48-36)28-13-15-30(47-22(28)3)34-45-21-46-49-34/h8-15,17,19,21,27H,4-7,16,18,20H2,1-3H3,(H,44,54)(H,45,46,49)/t27-/m0/s1. The zero-order chi connectivity index (χ0) is 39.3. The number of rotatable bonds is 13. The number of nitrogens with zero attached hydrogens (tertiary/aromatic N) is 7. The molecule has 4 heterocycles. The lowest BCUT2D eigenvalue weighted by molar-refractivity contribution is -0.137. The summed E-state index contributed by atoms with van der Waals surface area (Å²) in [6.07, 6.45) is -0.838. The number of hydrogen-bond acceptors (Lipinski definition) is 9. The van der Waals surface area contributed by atoms with E-state index in [1.807, 2.05) is 19.9 Å². The first-order valence-electron chi connectivity index (χ1n) is 17.6. The molecule has 2 N–H and O–H groups in total. The van der Waals surface area contributed by atoms with Gasteiger partial charge >= 0.3 is 6.18 Å². The molecular formula is C38H37F4N9O4. The Balaban J connectivity index is 1.04. The van der Waals surface area contributed by atoms with E-state index in [1.54, 1.807) is 43.5 Å². The number of carbonyl (C=O) groups is 3. The second-order valence-electron chi connectivity index (χ2n) is 12.7. The zero-order valence-corrected chi connectivity index (χ0v) is 30.2. The van der Waals surface area contributed by atoms with Gasteiger partial charge in [0.2, 0.25) is 17.7 Å². The van der Waals surface area contributed by atoms with Crippen molar-refractivity contribution in [3.05, 3.63) is 95.3 Å². The van der Waals surface area contributed by atoms with Crippen LogP contribution in [0.2, 0.25) is 0 Å². The van der Waals surface area contributed by atoms with Crippen molar-refractivity contribution in [3.63, 3.8) is 0 Å². The highest BCUT2D eigenvalue weighted by atomic mass is 19.4. The molecule has 13 nitrogen and oxygen atoms in total. The monoisotopic (exact) mass is 759 g/mol. The van der Waals surface area contributed by atoms with Crippen LogP contribution in [0.5, 0.6) is 5.75 Å². The van der Waals surface area contributed by atoms with Crippen LogP contribution in [0, 0.1) is 12.7 Å². The number of halogens is 4. The number of amides is 3. The summed E-state index contributed by atoms with van der Waals surface area (Å²) in [6, 6.07) is 12.4. The van der Waals surface area contributed by atoms with Crippen LogP contribution in [0.3, 0.4) is 0 Å². The van der Waals surface area contributed by atoms with Gasteiger partial charge in [0.1, 0.15) is 30.1 Å². The van der Waals surface area contributed by atoms with Crippen molar-refractivity contribution in [2.24, 2.45) is 0 Å². The van der Waals surface area contributed by atoms with E-state index in [-0.39, 0.29) is 48.6 Å². The summed E-state index contributed by atoms with van der Waals surface area (Å²) in [6.45, 7) is 5.37. The SMILES string of the molecule is CC[C@H](C(=O)NCc1cc(C(F)(F)F)ccc1F)c1ccc(OCCCC(=O)N2CC(=O)N(CC)c3nc(-c4ccc(-c5nc[nH]n5)nc4C)cnc32)cc1. The Morgan fingerprint density at radius 3 is 2.45 bits per heavy atom. The van der Waals surface area contributed by atoms with Crippen molar-refractivity contribution in [2.45, 2.75) is 58.7 Å². The fourth-order valence-electron chi connectivity index (χ4n) is 6.22. The predicted molar refractivity (Wildman–Crippen MR) is 193 cm³/mol. The van der Waals surface area contributed by atoms with Crippen LogP contribution in [-0.4, -0.2) is 67.6 Å². The summed E-state index contributed by atoms with van der Waals surface area (Å²) in [5.74, 6) is -1.05. The minimum Gasteiger partial charge on any atom is -0.494 e. The predicted octanol–water partition coefficient (Wildman–Crippen LogP) is 6.16. The summed E-state index contributed by atoms with van der Waals surface area (Å²) in [5, 5.41) is 9.27. The third-order valence-electron chi connectivity index (χ3n) is 9.10. The van der Waals surface area contributed by atoms with Gasteiger partial charge in [-0.15, -0.1) is 0 Å². The van der Waals surface area contributed by atoms with Crippen molar-refractivity contribution < 1.29 is 36.7 Å². The molecule has 1 aliphatic rings. The van der Waals surface area contributed by atoms with Gasteiger partial charge in [0, 0.05) is 36.3 Å². The molecular weight excluding hydrogens is 722 g/mol. The summed E-state index contributed by atoms with van der Waals surface area (Å²) >= 11 is 0. The lowest BCUT2D eigenvalue weighted by Gasteiger charge is -2.33. The van der Waals surface area contributed by atoms with E-state index in [4.69, 9.17) is 9.72 Å². The van der Waals surface area contributed by atoms with Gasteiger partial charge in [-0.25, -0.2) is 24.3 Å². The van der Waals surface area contributed by atoms with Gasteiger partial charge in [-0.1, -0.05) is 19.1 Å².